The van der Waals surface area contributed by atoms with Gasteiger partial charge < -0.3 is 14.8 Å². The molecule has 2 aromatic rings. The molecule has 21 heavy (non-hydrogen) atoms. The van der Waals surface area contributed by atoms with Gasteiger partial charge in [0, 0.05) is 12.1 Å². The molecule has 0 heterocycles. The van der Waals surface area contributed by atoms with Crippen molar-refractivity contribution >= 4 is 0 Å². The van der Waals surface area contributed by atoms with Gasteiger partial charge in [-0.15, -0.1) is 0 Å². The van der Waals surface area contributed by atoms with Crippen LogP contribution in [0.3, 0.4) is 0 Å². The lowest BCUT2D eigenvalue weighted by Crippen LogP contribution is -2.09. The molecule has 0 saturated heterocycles. The van der Waals surface area contributed by atoms with E-state index >= 15 is 0 Å². The van der Waals surface area contributed by atoms with Crippen LogP contribution in [0.2, 0.25) is 0 Å². The van der Waals surface area contributed by atoms with Crippen LogP contribution in [-0.4, -0.2) is 14.2 Å². The van der Waals surface area contributed by atoms with Gasteiger partial charge in [-0.1, -0.05) is 30.3 Å². The van der Waals surface area contributed by atoms with E-state index in [0.29, 0.717) is 6.61 Å². The van der Waals surface area contributed by atoms with E-state index in [1.165, 1.54) is 16.7 Å². The van der Waals surface area contributed by atoms with Gasteiger partial charge in [0.25, 0.3) is 0 Å². The first kappa shape index (κ1) is 15.4. The molecule has 0 fully saturated rings. The van der Waals surface area contributed by atoms with Crippen molar-refractivity contribution in [3.05, 3.63) is 58.7 Å². The smallest absolute Gasteiger partial charge is 0.166 e. The van der Waals surface area contributed by atoms with Gasteiger partial charge in [-0.05, 0) is 43.7 Å². The molecule has 112 valence electrons. The molecule has 0 unspecified atom stereocenters. The lowest BCUT2D eigenvalue weighted by Gasteiger charge is -2.17. The first-order chi connectivity index (χ1) is 10.2. The zero-order chi connectivity index (χ0) is 15.2. The fourth-order valence-electron chi connectivity index (χ4n) is 2.44. The second-order valence-corrected chi connectivity index (χ2v) is 5.14. The van der Waals surface area contributed by atoms with Crippen molar-refractivity contribution in [3.63, 3.8) is 0 Å². The summed E-state index contributed by atoms with van der Waals surface area (Å²) >= 11 is 0. The highest BCUT2D eigenvalue weighted by molar-refractivity contribution is 5.47. The van der Waals surface area contributed by atoms with Gasteiger partial charge in [0.15, 0.2) is 11.5 Å². The average Bonchev–Trinajstić information content (AvgIpc) is 2.48. The molecule has 0 aliphatic rings. The topological polar surface area (TPSA) is 30.5 Å². The number of hydrogen-bond donors (Lipinski definition) is 1. The van der Waals surface area contributed by atoms with Crippen molar-refractivity contribution in [2.24, 2.45) is 0 Å². The zero-order valence-corrected chi connectivity index (χ0v) is 13.2. The third-order valence-corrected chi connectivity index (χ3v) is 3.65. The van der Waals surface area contributed by atoms with Crippen LogP contribution < -0.4 is 14.8 Å². The minimum absolute atomic E-state index is 0.551. The number of hydrogen-bond acceptors (Lipinski definition) is 3. The Balaban J connectivity index is 2.27. The SMILES string of the molecule is CNCc1cccc(OC)c1OCc1c(C)cccc1C. The summed E-state index contributed by atoms with van der Waals surface area (Å²) < 4.78 is 11.5. The van der Waals surface area contributed by atoms with E-state index in [4.69, 9.17) is 9.47 Å². The molecule has 0 aromatic heterocycles. The molecule has 0 amide bonds. The number of rotatable bonds is 6. The van der Waals surface area contributed by atoms with Crippen LogP contribution in [0.4, 0.5) is 0 Å². The molecule has 0 spiro atoms. The van der Waals surface area contributed by atoms with E-state index < -0.39 is 0 Å². The number of aryl methyl sites for hydroxylation is 2. The van der Waals surface area contributed by atoms with Crippen LogP contribution in [0.25, 0.3) is 0 Å². The number of ether oxygens (including phenoxy) is 2. The molecule has 0 saturated carbocycles. The van der Waals surface area contributed by atoms with Gasteiger partial charge in [0.05, 0.1) is 7.11 Å². The standard InChI is InChI=1S/C18H23NO2/c1-13-7-5-8-14(2)16(13)12-21-18-15(11-19-3)9-6-10-17(18)20-4/h5-10,19H,11-12H2,1-4H3. The zero-order valence-electron chi connectivity index (χ0n) is 13.2. The molecule has 1 N–H and O–H groups in total. The Bertz CT molecular complexity index is 588. The summed E-state index contributed by atoms with van der Waals surface area (Å²) in [6, 6.07) is 12.3. The quantitative estimate of drug-likeness (QED) is 0.879. The molecule has 0 atom stereocenters. The van der Waals surface area contributed by atoms with Gasteiger partial charge in [0.2, 0.25) is 0 Å². The Morgan fingerprint density at radius 2 is 1.67 bits per heavy atom. The van der Waals surface area contributed by atoms with Crippen molar-refractivity contribution in [2.45, 2.75) is 27.0 Å². The third-order valence-electron chi connectivity index (χ3n) is 3.65. The summed E-state index contributed by atoms with van der Waals surface area (Å²) in [6.45, 7) is 5.53. The Morgan fingerprint density at radius 1 is 1.00 bits per heavy atom. The van der Waals surface area contributed by atoms with Crippen molar-refractivity contribution in [2.75, 3.05) is 14.2 Å². The maximum atomic E-state index is 6.09. The summed E-state index contributed by atoms with van der Waals surface area (Å²) in [7, 11) is 3.60. The third kappa shape index (κ3) is 3.56. The molecule has 3 nitrogen and oxygen atoms in total. The largest absolute Gasteiger partial charge is 0.493 e. The van der Waals surface area contributed by atoms with Gasteiger partial charge in [-0.2, -0.15) is 0 Å². The second-order valence-electron chi connectivity index (χ2n) is 5.14. The first-order valence-electron chi connectivity index (χ1n) is 7.15. The number of nitrogens with one attached hydrogen (secondary N) is 1. The maximum absolute atomic E-state index is 6.09. The fourth-order valence-corrected chi connectivity index (χ4v) is 2.44. The number of benzene rings is 2. The van der Waals surface area contributed by atoms with Crippen LogP contribution in [-0.2, 0) is 13.2 Å². The molecule has 2 rings (SSSR count). The van der Waals surface area contributed by atoms with Crippen LogP contribution >= 0.6 is 0 Å². The Hall–Kier alpha value is -2.00. The van der Waals surface area contributed by atoms with Gasteiger partial charge in [-0.25, -0.2) is 0 Å². The van der Waals surface area contributed by atoms with E-state index in [1.807, 2.05) is 19.2 Å². The summed E-state index contributed by atoms with van der Waals surface area (Å²) in [5.74, 6) is 1.59. The predicted octanol–water partition coefficient (Wildman–Crippen LogP) is 3.61. The van der Waals surface area contributed by atoms with Crippen molar-refractivity contribution in [1.29, 1.82) is 0 Å². The lowest BCUT2D eigenvalue weighted by molar-refractivity contribution is 0.279. The van der Waals surface area contributed by atoms with E-state index in [-0.39, 0.29) is 0 Å². The summed E-state index contributed by atoms with van der Waals surface area (Å²) in [4.78, 5) is 0. The molecular formula is C18H23NO2. The van der Waals surface area contributed by atoms with Crippen LogP contribution in [0.1, 0.15) is 22.3 Å². The number of methoxy groups -OCH3 is 1. The Kier molecular flexibility index (Phi) is 5.23. The Morgan fingerprint density at radius 3 is 2.29 bits per heavy atom. The van der Waals surface area contributed by atoms with Crippen LogP contribution in [0.15, 0.2) is 36.4 Å². The second kappa shape index (κ2) is 7.14. The van der Waals surface area contributed by atoms with E-state index in [2.05, 4.69) is 43.4 Å². The van der Waals surface area contributed by atoms with Crippen molar-refractivity contribution < 1.29 is 9.47 Å². The van der Waals surface area contributed by atoms with E-state index in [1.54, 1.807) is 7.11 Å². The monoisotopic (exact) mass is 285 g/mol. The normalized spacial score (nSPS) is 10.5. The van der Waals surface area contributed by atoms with Gasteiger partial charge >= 0.3 is 0 Å². The summed E-state index contributed by atoms with van der Waals surface area (Å²) in [6.07, 6.45) is 0. The van der Waals surface area contributed by atoms with E-state index in [0.717, 1.165) is 23.6 Å². The van der Waals surface area contributed by atoms with Crippen LogP contribution in [0.5, 0.6) is 11.5 Å². The fraction of sp³-hybridized carbons (Fsp3) is 0.333. The minimum atomic E-state index is 0.551. The summed E-state index contributed by atoms with van der Waals surface area (Å²) in [5.41, 5.74) is 4.84. The van der Waals surface area contributed by atoms with Crippen LogP contribution in [0, 0.1) is 13.8 Å². The maximum Gasteiger partial charge on any atom is 0.166 e. The Labute approximate surface area is 126 Å². The first-order valence-corrected chi connectivity index (χ1v) is 7.15. The van der Waals surface area contributed by atoms with Gasteiger partial charge in [0.1, 0.15) is 6.61 Å². The molecule has 3 heteroatoms. The highest BCUT2D eigenvalue weighted by Crippen LogP contribution is 2.32. The summed E-state index contributed by atoms with van der Waals surface area (Å²) in [5, 5.41) is 3.16. The molecular weight excluding hydrogens is 262 g/mol. The highest BCUT2D eigenvalue weighted by atomic mass is 16.5. The van der Waals surface area contributed by atoms with Gasteiger partial charge in [-0.3, -0.25) is 0 Å². The molecule has 2 aromatic carbocycles. The predicted molar refractivity (Wildman–Crippen MR) is 86.0 cm³/mol. The molecule has 0 aliphatic heterocycles. The molecule has 0 radical (unpaired) electrons. The average molecular weight is 285 g/mol. The van der Waals surface area contributed by atoms with E-state index in [9.17, 15) is 0 Å². The molecule has 0 bridgehead atoms. The minimum Gasteiger partial charge on any atom is -0.493 e. The van der Waals surface area contributed by atoms with Crippen molar-refractivity contribution in [3.8, 4) is 11.5 Å². The highest BCUT2D eigenvalue weighted by Gasteiger charge is 2.11. The lowest BCUT2D eigenvalue weighted by atomic mass is 10.0. The molecule has 0 aliphatic carbocycles. The van der Waals surface area contributed by atoms with Crippen molar-refractivity contribution in [1.82, 2.24) is 5.32 Å². The number of para-hydroxylation sites is 1.